The van der Waals surface area contributed by atoms with Gasteiger partial charge in [-0.2, -0.15) is 0 Å². The van der Waals surface area contributed by atoms with Crippen LogP contribution in [0, 0.1) is 17.2 Å². The molecule has 1 saturated carbocycles. The Bertz CT molecular complexity index is 505. The zero-order chi connectivity index (χ0) is 16.9. The minimum Gasteiger partial charge on any atom is -0.466 e. The highest BCUT2D eigenvalue weighted by molar-refractivity contribution is 6.31. The Balaban J connectivity index is 2.39. The van der Waals surface area contributed by atoms with E-state index in [1.165, 1.54) is 6.21 Å². The first-order valence-corrected chi connectivity index (χ1v) is 7.12. The first-order chi connectivity index (χ1) is 10.1. The summed E-state index contributed by atoms with van der Waals surface area (Å²) in [5.74, 6) is -0.697. The Kier molecular flexibility index (Phi) is 5.84. The number of carbonyl (C=O) groups excluding carboxylic acids is 2. The minimum absolute atomic E-state index is 0.0513. The topological polar surface area (TPSA) is 101 Å². The third-order valence-corrected chi connectivity index (χ3v) is 2.80. The number of carbonyl (C=O) groups is 2. The molecule has 2 N–H and O–H groups in total. The highest BCUT2D eigenvalue weighted by Crippen LogP contribution is 2.44. The van der Waals surface area contributed by atoms with E-state index in [4.69, 9.17) is 14.9 Å². The lowest BCUT2D eigenvalue weighted by Crippen LogP contribution is -2.36. The van der Waals surface area contributed by atoms with Crippen LogP contribution in [0.2, 0.25) is 0 Å². The predicted molar refractivity (Wildman–Crippen MR) is 83.0 cm³/mol. The Morgan fingerprint density at radius 1 is 1.41 bits per heavy atom. The number of hydrogen-bond acceptors (Lipinski definition) is 6. The van der Waals surface area contributed by atoms with Gasteiger partial charge < -0.3 is 9.47 Å². The van der Waals surface area contributed by atoms with E-state index in [0.29, 0.717) is 18.7 Å². The molecule has 7 nitrogen and oxygen atoms in total. The van der Waals surface area contributed by atoms with Crippen molar-refractivity contribution in [2.75, 3.05) is 6.61 Å². The molecule has 22 heavy (non-hydrogen) atoms. The van der Waals surface area contributed by atoms with E-state index in [1.54, 1.807) is 27.7 Å². The van der Waals surface area contributed by atoms with Crippen LogP contribution in [0.3, 0.4) is 0 Å². The Morgan fingerprint density at radius 2 is 2.05 bits per heavy atom. The second-order valence-corrected chi connectivity index (χ2v) is 5.99. The van der Waals surface area contributed by atoms with Gasteiger partial charge in [0.25, 0.3) is 0 Å². The molecule has 122 valence electrons. The third-order valence-electron chi connectivity index (χ3n) is 2.80. The van der Waals surface area contributed by atoms with Gasteiger partial charge in [0, 0.05) is 11.6 Å². The molecule has 1 aliphatic carbocycles. The van der Waals surface area contributed by atoms with E-state index >= 15 is 0 Å². The van der Waals surface area contributed by atoms with Gasteiger partial charge in [0.1, 0.15) is 11.4 Å². The van der Waals surface area contributed by atoms with E-state index in [-0.39, 0.29) is 23.6 Å². The smallest absolute Gasteiger partial charge is 0.413 e. The van der Waals surface area contributed by atoms with Gasteiger partial charge in [-0.3, -0.25) is 20.5 Å². The Labute approximate surface area is 130 Å². The highest BCUT2D eigenvalue weighted by Gasteiger charge is 2.45. The van der Waals surface area contributed by atoms with Gasteiger partial charge in [0.15, 0.2) is 0 Å². The summed E-state index contributed by atoms with van der Waals surface area (Å²) in [5, 5.41) is 9.83. The van der Waals surface area contributed by atoms with Crippen LogP contribution in [0.1, 0.15) is 34.1 Å². The van der Waals surface area contributed by atoms with Crippen molar-refractivity contribution in [3.8, 4) is 0 Å². The quantitative estimate of drug-likeness (QED) is 0.462. The minimum atomic E-state index is -0.717. The molecular weight excluding hydrogens is 286 g/mol. The summed E-state index contributed by atoms with van der Waals surface area (Å²) in [6.07, 6.45) is 1.11. The van der Waals surface area contributed by atoms with Gasteiger partial charge in [0.2, 0.25) is 0 Å². The van der Waals surface area contributed by atoms with Crippen LogP contribution in [0.4, 0.5) is 4.79 Å². The summed E-state index contributed by atoms with van der Waals surface area (Å²) >= 11 is 0. The van der Waals surface area contributed by atoms with E-state index in [0.717, 1.165) is 0 Å². The van der Waals surface area contributed by atoms with Gasteiger partial charge >= 0.3 is 12.1 Å². The molecule has 7 heteroatoms. The van der Waals surface area contributed by atoms with E-state index in [1.807, 2.05) is 0 Å². The standard InChI is InChI=1S/C15H23N3O4/c1-6-21-13(19)11-7-10(11)9(2)17-8-12(16)18-14(20)22-15(3,4)5/h8,10-11H,2,6-7H2,1,3-5H3,(H2,16,18,20)/b17-8-. The number of hydrogen-bond donors (Lipinski definition) is 2. The molecule has 1 amide bonds. The molecule has 0 spiro atoms. The van der Waals surface area contributed by atoms with Crippen molar-refractivity contribution >= 4 is 24.1 Å². The molecule has 0 aliphatic heterocycles. The molecule has 2 unspecified atom stereocenters. The van der Waals surface area contributed by atoms with Crippen molar-refractivity contribution < 1.29 is 19.1 Å². The lowest BCUT2D eigenvalue weighted by Gasteiger charge is -2.19. The summed E-state index contributed by atoms with van der Waals surface area (Å²) in [6, 6.07) is 0. The van der Waals surface area contributed by atoms with Gasteiger partial charge in [-0.1, -0.05) is 6.58 Å². The van der Waals surface area contributed by atoms with Crippen molar-refractivity contribution in [3.05, 3.63) is 12.3 Å². The third kappa shape index (κ3) is 6.07. The maximum absolute atomic E-state index is 11.5. The van der Waals surface area contributed by atoms with E-state index < -0.39 is 11.7 Å². The fourth-order valence-electron chi connectivity index (χ4n) is 1.76. The molecule has 1 fully saturated rings. The number of rotatable bonds is 5. The molecule has 0 aromatic heterocycles. The second-order valence-electron chi connectivity index (χ2n) is 5.99. The summed E-state index contributed by atoms with van der Waals surface area (Å²) in [7, 11) is 0. The van der Waals surface area contributed by atoms with Crippen molar-refractivity contribution in [3.63, 3.8) is 0 Å². The number of alkyl carbamates (subject to hydrolysis) is 1. The van der Waals surface area contributed by atoms with Gasteiger partial charge in [-0.15, -0.1) is 0 Å². The number of nitrogens with zero attached hydrogens (tertiary/aromatic N) is 1. The molecule has 2 atom stereocenters. The average molecular weight is 309 g/mol. The zero-order valence-electron chi connectivity index (χ0n) is 13.4. The summed E-state index contributed by atoms with van der Waals surface area (Å²) in [4.78, 5) is 27.0. The molecule has 0 radical (unpaired) electrons. The Morgan fingerprint density at radius 3 is 2.59 bits per heavy atom. The predicted octanol–water partition coefficient (Wildman–Crippen LogP) is 2.27. The molecule has 0 bridgehead atoms. The van der Waals surface area contributed by atoms with Crippen molar-refractivity contribution in [2.45, 2.75) is 39.7 Å². The summed E-state index contributed by atoms with van der Waals surface area (Å²) in [6.45, 7) is 11.1. The number of allylic oxidation sites excluding steroid dienone is 1. The molecular formula is C15H23N3O4. The molecule has 0 saturated heterocycles. The van der Waals surface area contributed by atoms with Gasteiger partial charge in [-0.05, 0) is 34.1 Å². The SMILES string of the molecule is C=C(/N=C\C(=N)NC(=O)OC(C)(C)C)C1CC1C(=O)OCC. The normalized spacial score (nSPS) is 20.4. The number of nitrogens with one attached hydrogen (secondary N) is 2. The number of ether oxygens (including phenoxy) is 2. The maximum Gasteiger partial charge on any atom is 0.413 e. The van der Waals surface area contributed by atoms with E-state index in [2.05, 4.69) is 16.9 Å². The summed E-state index contributed by atoms with van der Waals surface area (Å²) < 4.78 is 9.94. The first-order valence-electron chi connectivity index (χ1n) is 7.12. The molecule has 0 aromatic rings. The monoisotopic (exact) mass is 309 g/mol. The van der Waals surface area contributed by atoms with Crippen LogP contribution >= 0.6 is 0 Å². The van der Waals surface area contributed by atoms with E-state index in [9.17, 15) is 9.59 Å². The molecule has 0 heterocycles. The van der Waals surface area contributed by atoms with Crippen LogP contribution in [-0.4, -0.2) is 36.3 Å². The average Bonchev–Trinajstić information content (AvgIpc) is 3.14. The van der Waals surface area contributed by atoms with Gasteiger partial charge in [0.05, 0.1) is 18.7 Å². The Hall–Kier alpha value is -2.18. The largest absolute Gasteiger partial charge is 0.466 e. The van der Waals surface area contributed by atoms with Crippen molar-refractivity contribution in [1.29, 1.82) is 5.41 Å². The lowest BCUT2D eigenvalue weighted by molar-refractivity contribution is -0.144. The second kappa shape index (κ2) is 7.20. The molecule has 1 aliphatic rings. The number of esters is 1. The fraction of sp³-hybridized carbons (Fsp3) is 0.600. The first kappa shape index (κ1) is 17.9. The maximum atomic E-state index is 11.5. The van der Waals surface area contributed by atoms with Crippen molar-refractivity contribution in [1.82, 2.24) is 5.32 Å². The van der Waals surface area contributed by atoms with Crippen molar-refractivity contribution in [2.24, 2.45) is 16.8 Å². The highest BCUT2D eigenvalue weighted by atomic mass is 16.6. The molecule has 0 aromatic carbocycles. The van der Waals surface area contributed by atoms with Crippen LogP contribution in [0.15, 0.2) is 17.3 Å². The fourth-order valence-corrected chi connectivity index (χ4v) is 1.76. The summed E-state index contributed by atoms with van der Waals surface area (Å²) in [5.41, 5.74) is -0.139. The number of aliphatic imine (C=N–C) groups is 1. The van der Waals surface area contributed by atoms with Gasteiger partial charge in [-0.25, -0.2) is 4.79 Å². The number of amidine groups is 1. The van der Waals surface area contributed by atoms with Crippen LogP contribution in [0.25, 0.3) is 0 Å². The van der Waals surface area contributed by atoms with Crippen LogP contribution < -0.4 is 5.32 Å². The molecule has 1 rings (SSSR count). The van der Waals surface area contributed by atoms with Crippen LogP contribution in [-0.2, 0) is 14.3 Å². The van der Waals surface area contributed by atoms with Crippen LogP contribution in [0.5, 0.6) is 0 Å². The lowest BCUT2D eigenvalue weighted by atomic mass is 10.2. The zero-order valence-corrected chi connectivity index (χ0v) is 13.4. The number of amides is 1.